The molecule has 0 spiro atoms. The maximum Gasteiger partial charge on any atom is 0.417 e. The lowest BCUT2D eigenvalue weighted by Crippen LogP contribution is -2.12. The van der Waals surface area contributed by atoms with E-state index in [1.165, 1.54) is 24.3 Å². The Morgan fingerprint density at radius 1 is 1.03 bits per heavy atom. The lowest BCUT2D eigenvalue weighted by molar-refractivity contribution is -0.137. The van der Waals surface area contributed by atoms with Gasteiger partial charge in [-0.15, -0.1) is 0 Å². The predicted molar refractivity (Wildman–Crippen MR) is 112 cm³/mol. The summed E-state index contributed by atoms with van der Waals surface area (Å²) in [6.45, 7) is 4.08. The Kier molecular flexibility index (Phi) is 6.47. The molecule has 0 atom stereocenters. The zero-order valence-corrected chi connectivity index (χ0v) is 18.0. The van der Waals surface area contributed by atoms with Crippen molar-refractivity contribution in [3.8, 4) is 11.6 Å². The van der Waals surface area contributed by atoms with Gasteiger partial charge in [0.05, 0.1) is 10.5 Å². The minimum absolute atomic E-state index is 0.0146. The van der Waals surface area contributed by atoms with Crippen LogP contribution in [0.1, 0.15) is 30.9 Å². The van der Waals surface area contributed by atoms with E-state index < -0.39 is 21.8 Å². The molecule has 2 aromatic carbocycles. The van der Waals surface area contributed by atoms with Crippen LogP contribution in [0.15, 0.2) is 65.7 Å². The minimum atomic E-state index is -4.58. The molecule has 1 aromatic heterocycles. The fourth-order valence-electron chi connectivity index (χ4n) is 2.60. The molecule has 0 saturated carbocycles. The number of nitrogens with one attached hydrogen (secondary N) is 1. The number of hydrogen-bond donors (Lipinski definition) is 1. The average molecular weight is 471 g/mol. The van der Waals surface area contributed by atoms with E-state index in [1.807, 2.05) is 26.0 Å². The molecule has 0 saturated heterocycles. The second-order valence-electron chi connectivity index (χ2n) is 6.96. The van der Waals surface area contributed by atoms with Gasteiger partial charge in [-0.2, -0.15) is 13.2 Å². The number of benzene rings is 2. The normalized spacial score (nSPS) is 12.1. The second-order valence-corrected chi connectivity index (χ2v) is 9.05. The van der Waals surface area contributed by atoms with E-state index in [2.05, 4.69) is 9.71 Å². The molecule has 0 fully saturated rings. The Balaban J connectivity index is 1.73. The molecule has 0 amide bonds. The third-order valence-corrected chi connectivity index (χ3v) is 5.98. The summed E-state index contributed by atoms with van der Waals surface area (Å²) in [5, 5.41) is -0.321. The molecular weight excluding hydrogens is 453 g/mol. The number of sulfonamides is 1. The zero-order valence-electron chi connectivity index (χ0n) is 16.4. The molecule has 164 valence electrons. The lowest BCUT2D eigenvalue weighted by Gasteiger charge is -2.12. The van der Waals surface area contributed by atoms with Gasteiger partial charge >= 0.3 is 6.18 Å². The zero-order chi connectivity index (χ0) is 22.8. The van der Waals surface area contributed by atoms with E-state index in [4.69, 9.17) is 16.3 Å². The summed E-state index contributed by atoms with van der Waals surface area (Å²) in [6.07, 6.45) is -3.97. The number of nitrogens with zero attached hydrogens (tertiary/aromatic N) is 1. The molecule has 1 heterocycles. The molecule has 10 heteroatoms. The maximum absolute atomic E-state index is 12.7. The van der Waals surface area contributed by atoms with Crippen molar-refractivity contribution in [2.45, 2.75) is 30.8 Å². The van der Waals surface area contributed by atoms with Crippen LogP contribution in [0, 0.1) is 0 Å². The quantitative estimate of drug-likeness (QED) is 0.448. The van der Waals surface area contributed by atoms with E-state index in [0.717, 1.165) is 5.56 Å². The molecule has 31 heavy (non-hydrogen) atoms. The fraction of sp³-hybridized carbons (Fsp3) is 0.190. The molecule has 0 aliphatic heterocycles. The van der Waals surface area contributed by atoms with Crippen molar-refractivity contribution < 1.29 is 26.3 Å². The molecule has 3 rings (SSSR count). The lowest BCUT2D eigenvalue weighted by atomic mass is 10.0. The van der Waals surface area contributed by atoms with Gasteiger partial charge in [-0.1, -0.05) is 37.6 Å². The Hall–Kier alpha value is -2.78. The van der Waals surface area contributed by atoms with Crippen LogP contribution >= 0.6 is 11.6 Å². The summed E-state index contributed by atoms with van der Waals surface area (Å²) in [6, 6.07) is 13.1. The Labute approximate surface area is 182 Å². The maximum atomic E-state index is 12.7. The minimum Gasteiger partial charge on any atom is -0.438 e. The van der Waals surface area contributed by atoms with Crippen molar-refractivity contribution in [3.05, 3.63) is 76.9 Å². The number of pyridine rings is 1. The van der Waals surface area contributed by atoms with Crippen LogP contribution in [-0.2, 0) is 16.2 Å². The van der Waals surface area contributed by atoms with Crippen molar-refractivity contribution >= 4 is 27.3 Å². The summed E-state index contributed by atoms with van der Waals surface area (Å²) < 4.78 is 71.1. The summed E-state index contributed by atoms with van der Waals surface area (Å²) in [5.41, 5.74) is 0.504. The van der Waals surface area contributed by atoms with Gasteiger partial charge in [0.15, 0.2) is 0 Å². The highest BCUT2D eigenvalue weighted by molar-refractivity contribution is 7.92. The number of rotatable bonds is 6. The van der Waals surface area contributed by atoms with E-state index in [1.54, 1.807) is 12.1 Å². The van der Waals surface area contributed by atoms with Crippen LogP contribution in [0.2, 0.25) is 5.02 Å². The number of ether oxygens (including phenoxy) is 1. The van der Waals surface area contributed by atoms with E-state index in [0.29, 0.717) is 23.9 Å². The van der Waals surface area contributed by atoms with E-state index >= 15 is 0 Å². The third-order valence-electron chi connectivity index (χ3n) is 4.31. The first-order chi connectivity index (χ1) is 14.5. The van der Waals surface area contributed by atoms with Gasteiger partial charge in [0, 0.05) is 11.9 Å². The monoisotopic (exact) mass is 470 g/mol. The largest absolute Gasteiger partial charge is 0.438 e. The number of hydrogen-bond acceptors (Lipinski definition) is 4. The van der Waals surface area contributed by atoms with Gasteiger partial charge in [-0.05, 0) is 53.9 Å². The van der Waals surface area contributed by atoms with Crippen LogP contribution in [-0.4, -0.2) is 13.4 Å². The number of aromatic nitrogens is 1. The number of alkyl halides is 3. The van der Waals surface area contributed by atoms with Crippen LogP contribution < -0.4 is 9.46 Å². The van der Waals surface area contributed by atoms with Crippen molar-refractivity contribution in [1.82, 2.24) is 4.98 Å². The Morgan fingerprint density at radius 3 is 2.16 bits per heavy atom. The standard InChI is InChI=1S/C21H18ClF3N2O3S/c1-13(2)14-3-5-16(6-4-14)27-31(28,29)18-9-7-17(8-10-18)30-20-19(22)11-15(12-26-20)21(23,24)25/h3-13,27H,1-2H3. The first kappa shape index (κ1) is 22.9. The highest BCUT2D eigenvalue weighted by atomic mass is 35.5. The molecule has 0 bridgehead atoms. The van der Waals surface area contributed by atoms with Crippen molar-refractivity contribution in [2.24, 2.45) is 0 Å². The second kappa shape index (κ2) is 8.76. The number of halogens is 4. The van der Waals surface area contributed by atoms with Crippen molar-refractivity contribution in [3.63, 3.8) is 0 Å². The van der Waals surface area contributed by atoms with Crippen molar-refractivity contribution in [2.75, 3.05) is 4.72 Å². The smallest absolute Gasteiger partial charge is 0.417 e. The molecule has 5 nitrogen and oxygen atoms in total. The van der Waals surface area contributed by atoms with E-state index in [-0.39, 0.29) is 21.5 Å². The highest BCUT2D eigenvalue weighted by Gasteiger charge is 2.31. The third kappa shape index (κ3) is 5.68. The first-order valence-corrected chi connectivity index (χ1v) is 11.0. The van der Waals surface area contributed by atoms with Crippen molar-refractivity contribution in [1.29, 1.82) is 0 Å². The van der Waals surface area contributed by atoms with Gasteiger partial charge in [0.2, 0.25) is 5.88 Å². The van der Waals surface area contributed by atoms with Crippen LogP contribution in [0.25, 0.3) is 0 Å². The van der Waals surface area contributed by atoms with Crippen LogP contribution in [0.4, 0.5) is 18.9 Å². The van der Waals surface area contributed by atoms with Gasteiger partial charge in [-0.25, -0.2) is 13.4 Å². The highest BCUT2D eigenvalue weighted by Crippen LogP contribution is 2.34. The summed E-state index contributed by atoms with van der Waals surface area (Å²) >= 11 is 5.82. The topological polar surface area (TPSA) is 68.3 Å². The molecule has 1 N–H and O–H groups in total. The van der Waals surface area contributed by atoms with Crippen LogP contribution in [0.5, 0.6) is 11.6 Å². The average Bonchev–Trinajstić information content (AvgIpc) is 2.69. The summed E-state index contributed by atoms with van der Waals surface area (Å²) in [5.74, 6) is 0.258. The molecule has 0 radical (unpaired) electrons. The molecular formula is C21H18ClF3N2O3S. The van der Waals surface area contributed by atoms with Gasteiger partial charge < -0.3 is 4.74 Å². The molecule has 0 aliphatic rings. The number of anilines is 1. The summed E-state index contributed by atoms with van der Waals surface area (Å²) in [7, 11) is -3.84. The van der Waals surface area contributed by atoms with Gasteiger partial charge in [0.1, 0.15) is 10.8 Å². The summed E-state index contributed by atoms with van der Waals surface area (Å²) in [4.78, 5) is 3.57. The molecule has 0 aliphatic carbocycles. The van der Waals surface area contributed by atoms with E-state index in [9.17, 15) is 21.6 Å². The Morgan fingerprint density at radius 2 is 1.65 bits per heavy atom. The van der Waals surface area contributed by atoms with Crippen LogP contribution in [0.3, 0.4) is 0 Å². The molecule has 3 aromatic rings. The predicted octanol–water partition coefficient (Wildman–Crippen LogP) is 6.47. The van der Waals surface area contributed by atoms with Gasteiger partial charge in [0.25, 0.3) is 10.0 Å². The first-order valence-electron chi connectivity index (χ1n) is 9.09. The molecule has 0 unspecified atom stereocenters. The SMILES string of the molecule is CC(C)c1ccc(NS(=O)(=O)c2ccc(Oc3ncc(C(F)(F)F)cc3Cl)cc2)cc1. The van der Waals surface area contributed by atoms with Gasteiger partial charge in [-0.3, -0.25) is 4.72 Å². The Bertz CT molecular complexity index is 1160. The fourth-order valence-corrected chi connectivity index (χ4v) is 3.87.